The number of non-ortho nitro benzene ring substituents is 1. The summed E-state index contributed by atoms with van der Waals surface area (Å²) < 4.78 is 5.47. The Kier molecular flexibility index (Phi) is 4.19. The van der Waals surface area contributed by atoms with Gasteiger partial charge in [-0.15, -0.1) is 0 Å². The maximum atomic E-state index is 11.0. The summed E-state index contributed by atoms with van der Waals surface area (Å²) in [5.41, 5.74) is 7.17. The van der Waals surface area contributed by atoms with Gasteiger partial charge in [-0.25, -0.2) is 4.63 Å². The van der Waals surface area contributed by atoms with Gasteiger partial charge in [-0.2, -0.15) is 0 Å². The summed E-state index contributed by atoms with van der Waals surface area (Å²) in [5.74, 6) is 0.144. The molecule has 8 heteroatoms. The minimum absolute atomic E-state index is 0.0910. The maximum Gasteiger partial charge on any atom is 0.300 e. The number of quaternary nitrogens is 1. The predicted octanol–water partition coefficient (Wildman–Crippen LogP) is 1.27. The normalized spacial score (nSPS) is 13.5. The second-order valence-corrected chi connectivity index (χ2v) is 6.14. The molecule has 1 atom stereocenters. The fourth-order valence-corrected chi connectivity index (χ4v) is 2.56. The smallest absolute Gasteiger partial charge is 0.300 e. The van der Waals surface area contributed by atoms with Crippen molar-refractivity contribution in [1.82, 2.24) is 10.3 Å². The highest BCUT2D eigenvalue weighted by molar-refractivity contribution is 5.86. The number of nitrogens with two attached hydrogens (primary N) is 1. The molecule has 1 heterocycles. The van der Waals surface area contributed by atoms with E-state index in [1.165, 1.54) is 6.07 Å². The molecule has 0 bridgehead atoms. The Balaban J connectivity index is 2.51. The summed E-state index contributed by atoms with van der Waals surface area (Å²) in [5, 5.41) is 18.6. The standard InChI is InChI=1S/C13H20N5O3/c1-18(2,3)8-9(6-7-14)10-4-5-11(17(19)20)13-12(10)15-21-16-13/h4-5,9H,6-8,14H2,1-3H3/q+1. The van der Waals surface area contributed by atoms with Gasteiger partial charge < -0.3 is 10.2 Å². The van der Waals surface area contributed by atoms with E-state index in [0.717, 1.165) is 23.0 Å². The van der Waals surface area contributed by atoms with Crippen LogP contribution >= 0.6 is 0 Å². The Morgan fingerprint density at radius 3 is 2.57 bits per heavy atom. The quantitative estimate of drug-likeness (QED) is 0.488. The van der Waals surface area contributed by atoms with Crippen LogP contribution in [0.5, 0.6) is 0 Å². The molecule has 2 N–H and O–H groups in total. The third-order valence-electron chi connectivity index (χ3n) is 3.35. The van der Waals surface area contributed by atoms with Gasteiger partial charge in [0.15, 0.2) is 0 Å². The minimum Gasteiger partial charge on any atom is -0.330 e. The van der Waals surface area contributed by atoms with E-state index < -0.39 is 4.92 Å². The zero-order valence-corrected chi connectivity index (χ0v) is 12.4. The van der Waals surface area contributed by atoms with Crippen molar-refractivity contribution in [3.63, 3.8) is 0 Å². The third kappa shape index (κ3) is 3.34. The highest BCUT2D eigenvalue weighted by Gasteiger charge is 2.26. The molecule has 0 radical (unpaired) electrons. The van der Waals surface area contributed by atoms with Crippen LogP contribution in [0.2, 0.25) is 0 Å². The van der Waals surface area contributed by atoms with Crippen LogP contribution in [0.25, 0.3) is 11.0 Å². The molecule has 0 spiro atoms. The van der Waals surface area contributed by atoms with Crippen molar-refractivity contribution in [2.24, 2.45) is 5.73 Å². The Morgan fingerprint density at radius 2 is 2.00 bits per heavy atom. The number of hydrogen-bond donors (Lipinski definition) is 1. The van der Waals surface area contributed by atoms with Crippen molar-refractivity contribution in [1.29, 1.82) is 0 Å². The van der Waals surface area contributed by atoms with Crippen LogP contribution in [0.1, 0.15) is 17.9 Å². The summed E-state index contributed by atoms with van der Waals surface area (Å²) in [6, 6.07) is 3.20. The summed E-state index contributed by atoms with van der Waals surface area (Å²) in [7, 11) is 6.27. The number of rotatable bonds is 6. The minimum atomic E-state index is -0.478. The van der Waals surface area contributed by atoms with Gasteiger partial charge in [-0.3, -0.25) is 10.1 Å². The molecule has 114 valence electrons. The summed E-state index contributed by atoms with van der Waals surface area (Å²) in [4.78, 5) is 10.5. The lowest BCUT2D eigenvalue weighted by atomic mass is 9.93. The van der Waals surface area contributed by atoms with Crippen molar-refractivity contribution < 1.29 is 14.0 Å². The first-order valence-corrected chi connectivity index (χ1v) is 6.73. The van der Waals surface area contributed by atoms with Crippen LogP contribution in [-0.2, 0) is 0 Å². The summed E-state index contributed by atoms with van der Waals surface area (Å²) in [6.07, 6.45) is 0.773. The van der Waals surface area contributed by atoms with Gasteiger partial charge in [0.05, 0.1) is 32.6 Å². The number of nitrogens with zero attached hydrogens (tertiary/aromatic N) is 4. The Hall–Kier alpha value is -2.06. The summed E-state index contributed by atoms with van der Waals surface area (Å²) >= 11 is 0. The van der Waals surface area contributed by atoms with Crippen molar-refractivity contribution >= 4 is 16.7 Å². The van der Waals surface area contributed by atoms with Crippen molar-refractivity contribution in [2.45, 2.75) is 12.3 Å². The van der Waals surface area contributed by atoms with E-state index in [2.05, 4.69) is 31.5 Å². The number of aromatic nitrogens is 2. The molecule has 0 fully saturated rings. The highest BCUT2D eigenvalue weighted by atomic mass is 16.6. The van der Waals surface area contributed by atoms with Crippen LogP contribution in [-0.4, -0.2) is 54.0 Å². The lowest BCUT2D eigenvalue weighted by molar-refractivity contribution is -0.871. The van der Waals surface area contributed by atoms with E-state index in [1.807, 2.05) is 0 Å². The van der Waals surface area contributed by atoms with Crippen molar-refractivity contribution in [3.05, 3.63) is 27.8 Å². The van der Waals surface area contributed by atoms with Crippen LogP contribution in [0.4, 0.5) is 5.69 Å². The highest BCUT2D eigenvalue weighted by Crippen LogP contribution is 2.32. The molecule has 1 aromatic heterocycles. The first-order chi connectivity index (χ1) is 9.83. The average molecular weight is 294 g/mol. The Morgan fingerprint density at radius 1 is 1.33 bits per heavy atom. The molecule has 21 heavy (non-hydrogen) atoms. The van der Waals surface area contributed by atoms with Crippen molar-refractivity contribution in [3.8, 4) is 0 Å². The monoisotopic (exact) mass is 294 g/mol. The molecule has 0 saturated carbocycles. The zero-order chi connectivity index (χ0) is 15.6. The number of hydrogen-bond acceptors (Lipinski definition) is 6. The molecule has 1 unspecified atom stereocenters. The lowest BCUT2D eigenvalue weighted by Crippen LogP contribution is -2.39. The van der Waals surface area contributed by atoms with Gasteiger partial charge in [0.2, 0.25) is 5.52 Å². The van der Waals surface area contributed by atoms with Gasteiger partial charge in [0, 0.05) is 12.0 Å². The number of fused-ring (bicyclic) bond motifs is 1. The van der Waals surface area contributed by atoms with E-state index in [0.29, 0.717) is 12.1 Å². The average Bonchev–Trinajstić information content (AvgIpc) is 2.84. The number of nitro benzene ring substituents is 1. The predicted molar refractivity (Wildman–Crippen MR) is 77.8 cm³/mol. The van der Waals surface area contributed by atoms with Gasteiger partial charge >= 0.3 is 5.69 Å². The van der Waals surface area contributed by atoms with E-state index in [4.69, 9.17) is 10.4 Å². The number of benzene rings is 1. The van der Waals surface area contributed by atoms with Gasteiger partial charge in [-0.05, 0) is 34.9 Å². The first-order valence-electron chi connectivity index (χ1n) is 6.73. The Labute approximate surface area is 122 Å². The lowest BCUT2D eigenvalue weighted by Gasteiger charge is -2.29. The van der Waals surface area contributed by atoms with Crippen molar-refractivity contribution in [2.75, 3.05) is 34.2 Å². The molecule has 2 rings (SSSR count). The SMILES string of the molecule is C[N+](C)(C)CC(CCN)c1ccc([N+](=O)[O-])c2nonc12. The molecular formula is C13H20N5O3+. The van der Waals surface area contributed by atoms with Crippen LogP contribution in [0.15, 0.2) is 16.8 Å². The molecule has 1 aromatic carbocycles. The van der Waals surface area contributed by atoms with E-state index in [9.17, 15) is 10.1 Å². The molecule has 0 saturated heterocycles. The second kappa shape index (κ2) is 5.74. The molecule has 0 amide bonds. The number of likely N-dealkylation sites (N-methyl/N-ethyl adjacent to an activating group) is 1. The first kappa shape index (κ1) is 15.3. The fourth-order valence-electron chi connectivity index (χ4n) is 2.56. The molecule has 0 aliphatic carbocycles. The molecule has 8 nitrogen and oxygen atoms in total. The molecule has 0 aliphatic heterocycles. The fraction of sp³-hybridized carbons (Fsp3) is 0.538. The zero-order valence-electron chi connectivity index (χ0n) is 12.4. The number of nitro groups is 1. The van der Waals surface area contributed by atoms with Crippen LogP contribution in [0, 0.1) is 10.1 Å². The molecular weight excluding hydrogens is 274 g/mol. The molecule has 0 aliphatic rings. The maximum absolute atomic E-state index is 11.0. The second-order valence-electron chi connectivity index (χ2n) is 6.14. The van der Waals surface area contributed by atoms with Crippen LogP contribution < -0.4 is 5.73 Å². The Bertz CT molecular complexity index is 647. The van der Waals surface area contributed by atoms with E-state index >= 15 is 0 Å². The largest absolute Gasteiger partial charge is 0.330 e. The van der Waals surface area contributed by atoms with E-state index in [1.54, 1.807) is 6.07 Å². The topological polar surface area (TPSA) is 108 Å². The van der Waals surface area contributed by atoms with Gasteiger partial charge in [0.25, 0.3) is 0 Å². The van der Waals surface area contributed by atoms with Crippen LogP contribution in [0.3, 0.4) is 0 Å². The van der Waals surface area contributed by atoms with Gasteiger partial charge in [-0.1, -0.05) is 0 Å². The summed E-state index contributed by atoms with van der Waals surface area (Å²) in [6.45, 7) is 1.38. The van der Waals surface area contributed by atoms with E-state index in [-0.39, 0.29) is 17.1 Å². The molecule has 2 aromatic rings. The third-order valence-corrected chi connectivity index (χ3v) is 3.35. The van der Waals surface area contributed by atoms with Gasteiger partial charge in [0.1, 0.15) is 5.52 Å².